The van der Waals surface area contributed by atoms with Crippen LogP contribution in [0, 0.1) is 11.8 Å². The molecule has 41 heavy (non-hydrogen) atoms. The molecular formula is C29H39N3O8S. The number of alkyl carbamates (subject to hydrolysis) is 1. The van der Waals surface area contributed by atoms with Crippen molar-refractivity contribution in [2.24, 2.45) is 17.6 Å². The minimum atomic E-state index is -3.94. The van der Waals surface area contributed by atoms with Gasteiger partial charge in [-0.15, -0.1) is 0 Å². The van der Waals surface area contributed by atoms with Crippen molar-refractivity contribution in [3.8, 4) is 11.5 Å². The molecule has 0 bridgehead atoms. The highest BCUT2D eigenvalue weighted by Crippen LogP contribution is 2.34. The number of nitrogens with one attached hydrogen (secondary N) is 1. The van der Waals surface area contributed by atoms with Crippen LogP contribution in [-0.2, 0) is 30.7 Å². The molecule has 0 spiro atoms. The summed E-state index contributed by atoms with van der Waals surface area (Å²) in [4.78, 5) is 13.2. The van der Waals surface area contributed by atoms with E-state index in [1.165, 1.54) is 16.4 Å². The smallest absolute Gasteiger partial charge is 0.407 e. The number of carbonyl (C=O) groups excluding carboxylic acids is 1. The Bertz CT molecular complexity index is 1290. The Morgan fingerprint density at radius 3 is 2.56 bits per heavy atom. The van der Waals surface area contributed by atoms with E-state index in [9.17, 15) is 13.2 Å². The van der Waals surface area contributed by atoms with Crippen LogP contribution in [0.1, 0.15) is 25.8 Å². The van der Waals surface area contributed by atoms with Crippen LogP contribution < -0.4 is 20.5 Å². The largest absolute Gasteiger partial charge is 0.486 e. The van der Waals surface area contributed by atoms with Crippen molar-refractivity contribution in [3.05, 3.63) is 54.1 Å². The summed E-state index contributed by atoms with van der Waals surface area (Å²) in [7, 11) is -3.94. The van der Waals surface area contributed by atoms with Crippen molar-refractivity contribution in [2.45, 2.75) is 56.1 Å². The monoisotopic (exact) mass is 589 g/mol. The fourth-order valence-corrected chi connectivity index (χ4v) is 7.08. The summed E-state index contributed by atoms with van der Waals surface area (Å²) >= 11 is 0. The van der Waals surface area contributed by atoms with E-state index in [4.69, 9.17) is 29.4 Å². The zero-order valence-electron chi connectivity index (χ0n) is 23.4. The topological polar surface area (TPSA) is 139 Å². The molecule has 3 aliphatic heterocycles. The number of nitrogens with two attached hydrogens (primary N) is 1. The molecule has 11 nitrogen and oxygen atoms in total. The highest BCUT2D eigenvalue weighted by Gasteiger charge is 2.44. The van der Waals surface area contributed by atoms with Crippen molar-refractivity contribution in [1.29, 1.82) is 0 Å². The molecule has 2 saturated heterocycles. The SMILES string of the molecule is CC(C)CN(C[C@@H](N)[C@H](Cc1ccccc1)NC(=O)O[C@H]1CO[C@H]2OCC[C@H]21)S(=O)(=O)c1ccc2c(c1)OCCO2. The van der Waals surface area contributed by atoms with Gasteiger partial charge in [0.15, 0.2) is 17.8 Å². The lowest BCUT2D eigenvalue weighted by atomic mass is 9.99. The maximum Gasteiger partial charge on any atom is 0.407 e. The second-order valence-corrected chi connectivity index (χ2v) is 13.0. The molecule has 5 rings (SSSR count). The third-order valence-electron chi connectivity index (χ3n) is 7.50. The predicted molar refractivity (Wildman–Crippen MR) is 150 cm³/mol. The quantitative estimate of drug-likeness (QED) is 0.405. The van der Waals surface area contributed by atoms with E-state index >= 15 is 0 Å². The van der Waals surface area contributed by atoms with Crippen LogP contribution in [0.15, 0.2) is 53.4 Å². The van der Waals surface area contributed by atoms with Crippen LogP contribution in [0.3, 0.4) is 0 Å². The molecule has 0 saturated carbocycles. The Labute approximate surface area is 241 Å². The standard InChI is InChI=1S/C29H39N3O8S/c1-19(2)16-32(41(34,35)21-8-9-25-26(15-21)37-13-12-36-25)17-23(30)24(14-20-6-4-3-5-7-20)31-29(33)40-27-18-39-28-22(27)10-11-38-28/h3-9,15,19,22-24,27-28H,10-14,16-18,30H2,1-2H3,(H,31,33)/t22-,23+,24-,27-,28+/m0/s1. The first kappa shape index (κ1) is 29.6. The molecule has 0 radical (unpaired) electrons. The Kier molecular flexibility index (Phi) is 9.35. The first-order valence-corrected chi connectivity index (χ1v) is 15.5. The fraction of sp³-hybridized carbons (Fsp3) is 0.552. The number of sulfonamides is 1. The summed E-state index contributed by atoms with van der Waals surface area (Å²) < 4.78 is 57.1. The third-order valence-corrected chi connectivity index (χ3v) is 9.32. The Morgan fingerprint density at radius 1 is 1.05 bits per heavy atom. The zero-order chi connectivity index (χ0) is 29.0. The van der Waals surface area contributed by atoms with Gasteiger partial charge in [0.2, 0.25) is 10.0 Å². The van der Waals surface area contributed by atoms with Gasteiger partial charge < -0.3 is 34.7 Å². The average molecular weight is 590 g/mol. The summed E-state index contributed by atoms with van der Waals surface area (Å²) in [6.07, 6.45) is -0.216. The van der Waals surface area contributed by atoms with Gasteiger partial charge in [0, 0.05) is 25.2 Å². The lowest BCUT2D eigenvalue weighted by Crippen LogP contribution is -2.55. The number of benzene rings is 2. The van der Waals surface area contributed by atoms with Crippen molar-refractivity contribution in [2.75, 3.05) is 39.5 Å². The Hall–Kier alpha value is -2.90. The Morgan fingerprint density at radius 2 is 1.80 bits per heavy atom. The molecule has 224 valence electrons. The van der Waals surface area contributed by atoms with Crippen molar-refractivity contribution in [3.63, 3.8) is 0 Å². The van der Waals surface area contributed by atoms with Crippen LogP contribution >= 0.6 is 0 Å². The summed E-state index contributed by atoms with van der Waals surface area (Å²) in [6.45, 7) is 5.72. The van der Waals surface area contributed by atoms with E-state index in [-0.39, 0.29) is 42.7 Å². The summed E-state index contributed by atoms with van der Waals surface area (Å²) in [6, 6.07) is 12.9. The molecule has 12 heteroatoms. The number of hydrogen-bond donors (Lipinski definition) is 2. The van der Waals surface area contributed by atoms with Gasteiger partial charge in [0.25, 0.3) is 0 Å². The van der Waals surface area contributed by atoms with Gasteiger partial charge in [0.1, 0.15) is 19.3 Å². The van der Waals surface area contributed by atoms with Crippen molar-refractivity contribution in [1.82, 2.24) is 9.62 Å². The summed E-state index contributed by atoms with van der Waals surface area (Å²) in [5, 5.41) is 2.92. The number of fused-ring (bicyclic) bond motifs is 2. The van der Waals surface area contributed by atoms with Crippen LogP contribution in [-0.4, -0.2) is 82.8 Å². The van der Waals surface area contributed by atoms with E-state index in [2.05, 4.69) is 5.32 Å². The predicted octanol–water partition coefficient (Wildman–Crippen LogP) is 2.53. The molecule has 0 aliphatic carbocycles. The van der Waals surface area contributed by atoms with Crippen molar-refractivity contribution >= 4 is 16.1 Å². The minimum Gasteiger partial charge on any atom is -0.486 e. The van der Waals surface area contributed by atoms with Gasteiger partial charge >= 0.3 is 6.09 Å². The second-order valence-electron chi connectivity index (χ2n) is 11.1. The Balaban J connectivity index is 1.33. The van der Waals surface area contributed by atoms with Crippen molar-refractivity contribution < 1.29 is 36.9 Å². The molecule has 3 aliphatic rings. The lowest BCUT2D eigenvalue weighted by molar-refractivity contribution is -0.0907. The lowest BCUT2D eigenvalue weighted by Gasteiger charge is -2.32. The number of hydrogen-bond acceptors (Lipinski definition) is 9. The molecule has 3 N–H and O–H groups in total. The van der Waals surface area contributed by atoms with Crippen LogP contribution in [0.25, 0.3) is 0 Å². The summed E-state index contributed by atoms with van der Waals surface area (Å²) in [5.74, 6) is 0.933. The van der Waals surface area contributed by atoms with Crippen LogP contribution in [0.5, 0.6) is 11.5 Å². The van der Waals surface area contributed by atoms with Crippen LogP contribution in [0.4, 0.5) is 4.79 Å². The maximum atomic E-state index is 13.9. The third kappa shape index (κ3) is 7.12. The van der Waals surface area contributed by atoms with Gasteiger partial charge in [-0.1, -0.05) is 44.2 Å². The molecular weight excluding hydrogens is 550 g/mol. The molecule has 2 aromatic carbocycles. The molecule has 0 aromatic heterocycles. The first-order valence-electron chi connectivity index (χ1n) is 14.1. The number of carbonyl (C=O) groups is 1. The second kappa shape index (κ2) is 13.0. The molecule has 1 amide bonds. The maximum absolute atomic E-state index is 13.9. The molecule has 0 unspecified atom stereocenters. The minimum absolute atomic E-state index is 0.000305. The first-order chi connectivity index (χ1) is 19.7. The molecule has 3 heterocycles. The van der Waals surface area contributed by atoms with E-state index in [0.717, 1.165) is 12.0 Å². The number of rotatable bonds is 11. The fourth-order valence-electron chi connectivity index (χ4n) is 5.42. The van der Waals surface area contributed by atoms with Gasteiger partial charge in [-0.3, -0.25) is 0 Å². The highest BCUT2D eigenvalue weighted by atomic mass is 32.2. The number of ether oxygens (including phenoxy) is 5. The average Bonchev–Trinajstić information content (AvgIpc) is 3.57. The van der Waals surface area contributed by atoms with Gasteiger partial charge in [-0.2, -0.15) is 4.31 Å². The van der Waals surface area contributed by atoms with Gasteiger partial charge in [0.05, 0.1) is 30.1 Å². The number of nitrogens with zero attached hydrogens (tertiary/aromatic N) is 1. The highest BCUT2D eigenvalue weighted by molar-refractivity contribution is 7.89. The molecule has 2 fully saturated rings. The zero-order valence-corrected chi connectivity index (χ0v) is 24.3. The van der Waals surface area contributed by atoms with E-state index in [0.29, 0.717) is 37.7 Å². The van der Waals surface area contributed by atoms with E-state index in [1.54, 1.807) is 6.07 Å². The van der Waals surface area contributed by atoms with Gasteiger partial charge in [-0.25, -0.2) is 13.2 Å². The number of amides is 1. The van der Waals surface area contributed by atoms with E-state index in [1.807, 2.05) is 44.2 Å². The summed E-state index contributed by atoms with van der Waals surface area (Å²) in [5.41, 5.74) is 7.65. The van der Waals surface area contributed by atoms with Crippen LogP contribution in [0.2, 0.25) is 0 Å². The van der Waals surface area contributed by atoms with E-state index < -0.39 is 34.3 Å². The normalized spacial score (nSPS) is 23.3. The van der Waals surface area contributed by atoms with Gasteiger partial charge in [-0.05, 0) is 36.5 Å². The molecule has 5 atom stereocenters. The molecule has 2 aromatic rings.